The van der Waals surface area contributed by atoms with Crippen molar-refractivity contribution >= 4 is 17.6 Å². The molecular formula is C24H31ClFNO5. The largest absolute Gasteiger partial charge is 0.495 e. The quantitative estimate of drug-likeness (QED) is 0.489. The van der Waals surface area contributed by atoms with E-state index in [9.17, 15) is 14.0 Å². The molecule has 0 N–H and O–H groups in total. The van der Waals surface area contributed by atoms with Gasteiger partial charge in [0.2, 0.25) is 0 Å². The van der Waals surface area contributed by atoms with Crippen LogP contribution >= 0.6 is 11.6 Å². The smallest absolute Gasteiger partial charge is 0.329 e. The van der Waals surface area contributed by atoms with Crippen molar-refractivity contribution < 1.29 is 23.4 Å². The van der Waals surface area contributed by atoms with Crippen LogP contribution in [0.4, 0.5) is 4.39 Å². The molecule has 6 nitrogen and oxygen atoms in total. The molecule has 1 atom stereocenters. The predicted molar refractivity (Wildman–Crippen MR) is 123 cm³/mol. The third-order valence-corrected chi connectivity index (χ3v) is 5.17. The number of benzene rings is 1. The van der Waals surface area contributed by atoms with E-state index in [2.05, 4.69) is 0 Å². The van der Waals surface area contributed by atoms with Crippen molar-refractivity contribution in [3.05, 3.63) is 51.2 Å². The number of hydrogen-bond acceptors (Lipinski definition) is 5. The van der Waals surface area contributed by atoms with Crippen molar-refractivity contribution in [3.8, 4) is 16.9 Å². The lowest BCUT2D eigenvalue weighted by Crippen LogP contribution is -2.35. The molecule has 0 aliphatic heterocycles. The Morgan fingerprint density at radius 1 is 1.16 bits per heavy atom. The van der Waals surface area contributed by atoms with Gasteiger partial charge in [0, 0.05) is 31.8 Å². The fraction of sp³-hybridized carbons (Fsp3) is 0.500. The number of ether oxygens (including phenoxy) is 3. The second kappa shape index (κ2) is 10.5. The molecule has 32 heavy (non-hydrogen) atoms. The summed E-state index contributed by atoms with van der Waals surface area (Å²) in [5.41, 5.74) is 0.605. The molecule has 0 radical (unpaired) electrons. The van der Waals surface area contributed by atoms with Crippen molar-refractivity contribution in [1.29, 1.82) is 0 Å². The number of pyridine rings is 1. The second-order valence-electron chi connectivity index (χ2n) is 8.84. The molecule has 0 spiro atoms. The number of nitrogens with zero attached hydrogens (tertiary/aromatic N) is 1. The molecule has 0 aliphatic rings. The Kier molecular flexibility index (Phi) is 8.48. The maximum Gasteiger partial charge on any atom is 0.329 e. The Morgan fingerprint density at radius 2 is 1.81 bits per heavy atom. The molecular weight excluding hydrogens is 437 g/mol. The zero-order valence-electron chi connectivity index (χ0n) is 19.6. The van der Waals surface area contributed by atoms with E-state index in [1.54, 1.807) is 20.8 Å². The zero-order chi connectivity index (χ0) is 24.2. The number of carbonyl (C=O) groups excluding carboxylic acids is 1. The lowest BCUT2D eigenvalue weighted by Gasteiger charge is -2.26. The molecule has 0 saturated carbocycles. The van der Waals surface area contributed by atoms with Crippen LogP contribution in [0.2, 0.25) is 5.02 Å². The van der Waals surface area contributed by atoms with E-state index < -0.39 is 29.0 Å². The van der Waals surface area contributed by atoms with Gasteiger partial charge in [0.25, 0.3) is 5.56 Å². The van der Waals surface area contributed by atoms with Gasteiger partial charge in [-0.05, 0) is 49.9 Å². The molecule has 0 saturated heterocycles. The Bertz CT molecular complexity index is 1030. The van der Waals surface area contributed by atoms with Gasteiger partial charge in [-0.2, -0.15) is 0 Å². The molecule has 1 unspecified atom stereocenters. The van der Waals surface area contributed by atoms with Crippen LogP contribution in [0.3, 0.4) is 0 Å². The van der Waals surface area contributed by atoms with E-state index in [1.165, 1.54) is 43.2 Å². The van der Waals surface area contributed by atoms with Gasteiger partial charge in [-0.15, -0.1) is 0 Å². The molecule has 0 aliphatic carbocycles. The molecule has 0 fully saturated rings. The van der Waals surface area contributed by atoms with E-state index >= 15 is 0 Å². The van der Waals surface area contributed by atoms with Crippen LogP contribution in [0.15, 0.2) is 29.2 Å². The number of aromatic nitrogens is 1. The Balaban J connectivity index is 2.67. The summed E-state index contributed by atoms with van der Waals surface area (Å²) >= 11 is 6.04. The molecule has 1 aromatic carbocycles. The van der Waals surface area contributed by atoms with Crippen LogP contribution in [-0.4, -0.2) is 37.0 Å². The summed E-state index contributed by atoms with van der Waals surface area (Å²) in [5.74, 6) is -0.754. The molecule has 2 aromatic rings. The first-order valence-electron chi connectivity index (χ1n) is 10.4. The second-order valence-corrected chi connectivity index (χ2v) is 9.25. The molecule has 1 aromatic heterocycles. The van der Waals surface area contributed by atoms with Gasteiger partial charge in [0.05, 0.1) is 18.3 Å². The monoisotopic (exact) mass is 467 g/mol. The first kappa shape index (κ1) is 25.9. The fourth-order valence-corrected chi connectivity index (χ4v) is 3.55. The van der Waals surface area contributed by atoms with Crippen molar-refractivity contribution in [2.45, 2.75) is 58.6 Å². The van der Waals surface area contributed by atoms with Crippen LogP contribution in [0, 0.1) is 5.82 Å². The van der Waals surface area contributed by atoms with Crippen LogP contribution in [0.5, 0.6) is 5.75 Å². The summed E-state index contributed by atoms with van der Waals surface area (Å²) in [7, 11) is 2.98. The Labute approximate surface area is 193 Å². The lowest BCUT2D eigenvalue weighted by molar-refractivity contribution is -0.159. The van der Waals surface area contributed by atoms with E-state index in [1.807, 2.05) is 13.8 Å². The van der Waals surface area contributed by atoms with Crippen LogP contribution in [0.25, 0.3) is 11.1 Å². The third kappa shape index (κ3) is 6.11. The number of carbonyl (C=O) groups is 1. The van der Waals surface area contributed by atoms with Gasteiger partial charge in [-0.1, -0.05) is 25.4 Å². The third-order valence-electron chi connectivity index (χ3n) is 4.88. The first-order valence-corrected chi connectivity index (χ1v) is 10.8. The summed E-state index contributed by atoms with van der Waals surface area (Å²) in [6.45, 7) is 9.38. The van der Waals surface area contributed by atoms with Gasteiger partial charge >= 0.3 is 5.97 Å². The summed E-state index contributed by atoms with van der Waals surface area (Å²) in [6.07, 6.45) is 1.72. The maximum absolute atomic E-state index is 14.1. The number of rotatable bonds is 8. The number of methoxy groups -OCH3 is 2. The highest BCUT2D eigenvalue weighted by Crippen LogP contribution is 2.37. The minimum absolute atomic E-state index is 0.0277. The van der Waals surface area contributed by atoms with Crippen molar-refractivity contribution in [2.75, 3.05) is 20.8 Å². The van der Waals surface area contributed by atoms with Gasteiger partial charge < -0.3 is 14.2 Å². The summed E-state index contributed by atoms with van der Waals surface area (Å²) in [5, 5.41) is -0.0534. The number of esters is 1. The lowest BCUT2D eigenvalue weighted by atomic mass is 9.92. The highest BCUT2D eigenvalue weighted by atomic mass is 35.5. The Hall–Kier alpha value is -2.38. The normalized spacial score (nSPS) is 12.7. The van der Waals surface area contributed by atoms with Gasteiger partial charge in [-0.25, -0.2) is 9.18 Å². The minimum atomic E-state index is -0.897. The molecule has 8 heteroatoms. The summed E-state index contributed by atoms with van der Waals surface area (Å²) < 4.78 is 31.6. The SMILES string of the molecule is COCCC(C(=O)OC(C)(C)C)n1cc(OC)c(-c2cc(Cl)c(F)cc2C(C)C)cc1=O. The zero-order valence-corrected chi connectivity index (χ0v) is 20.4. The van der Waals surface area contributed by atoms with E-state index in [0.717, 1.165) is 0 Å². The average molecular weight is 468 g/mol. The Morgan fingerprint density at radius 3 is 2.34 bits per heavy atom. The van der Waals surface area contributed by atoms with Crippen LogP contribution in [-0.2, 0) is 14.3 Å². The molecule has 1 heterocycles. The number of hydrogen-bond donors (Lipinski definition) is 0. The topological polar surface area (TPSA) is 66.8 Å². The van der Waals surface area contributed by atoms with Gasteiger partial charge in [0.15, 0.2) is 0 Å². The highest BCUT2D eigenvalue weighted by Gasteiger charge is 2.28. The van der Waals surface area contributed by atoms with Crippen LogP contribution in [0.1, 0.15) is 58.6 Å². The predicted octanol–water partition coefficient (Wildman–Crippen LogP) is 5.36. The van der Waals surface area contributed by atoms with Gasteiger partial charge in [-0.3, -0.25) is 9.36 Å². The first-order chi connectivity index (χ1) is 14.9. The fourth-order valence-electron chi connectivity index (χ4n) is 3.39. The molecule has 176 valence electrons. The molecule has 0 amide bonds. The van der Waals surface area contributed by atoms with Crippen molar-refractivity contribution in [2.24, 2.45) is 0 Å². The van der Waals surface area contributed by atoms with Crippen LogP contribution < -0.4 is 10.3 Å². The average Bonchev–Trinajstić information content (AvgIpc) is 2.69. The standard InChI is InChI=1S/C24H31ClFNO5/c1-14(2)15-11-19(26)18(25)10-16(15)17-12-22(28)27(13-21(17)31-7)20(8-9-30-6)23(29)32-24(3,4)5/h10-14,20H,8-9H2,1-7H3. The molecule has 2 rings (SSSR count). The van der Waals surface area contributed by atoms with Crippen molar-refractivity contribution in [3.63, 3.8) is 0 Å². The van der Waals surface area contributed by atoms with E-state index in [-0.39, 0.29) is 24.0 Å². The highest BCUT2D eigenvalue weighted by molar-refractivity contribution is 6.31. The van der Waals surface area contributed by atoms with Crippen molar-refractivity contribution in [1.82, 2.24) is 4.57 Å². The van der Waals surface area contributed by atoms with E-state index in [0.29, 0.717) is 22.4 Å². The minimum Gasteiger partial charge on any atom is -0.495 e. The summed E-state index contributed by atoms with van der Waals surface area (Å²) in [6, 6.07) is 3.34. The van der Waals surface area contributed by atoms with Gasteiger partial charge in [0.1, 0.15) is 23.2 Å². The summed E-state index contributed by atoms with van der Waals surface area (Å²) in [4.78, 5) is 26.0. The van der Waals surface area contributed by atoms with E-state index in [4.69, 9.17) is 25.8 Å². The molecule has 0 bridgehead atoms. The number of halogens is 2. The maximum atomic E-state index is 14.1.